The summed E-state index contributed by atoms with van der Waals surface area (Å²) in [6.07, 6.45) is 0. The molecule has 0 aromatic heterocycles. The molecule has 0 saturated carbocycles. The van der Waals surface area contributed by atoms with E-state index in [9.17, 15) is 9.18 Å². The van der Waals surface area contributed by atoms with Crippen molar-refractivity contribution in [3.8, 4) is 0 Å². The van der Waals surface area contributed by atoms with Crippen LogP contribution >= 0.6 is 11.6 Å². The second kappa shape index (κ2) is 6.59. The molecule has 0 saturated heterocycles. The minimum absolute atomic E-state index is 0.155. The molecule has 2 rings (SSSR count). The van der Waals surface area contributed by atoms with Crippen LogP contribution in [0, 0.1) is 5.82 Å². The molecule has 5 heteroatoms. The Labute approximate surface area is 127 Å². The fourth-order valence-electron chi connectivity index (χ4n) is 1.89. The number of esters is 1. The summed E-state index contributed by atoms with van der Waals surface area (Å²) >= 11 is 5.79. The predicted octanol–water partition coefficient (Wildman–Crippen LogP) is 3.91. The summed E-state index contributed by atoms with van der Waals surface area (Å²) in [4.78, 5) is 12.0. The van der Waals surface area contributed by atoms with Crippen LogP contribution in [0.3, 0.4) is 0 Å². The molecule has 0 aliphatic rings. The highest BCUT2D eigenvalue weighted by Crippen LogP contribution is 2.21. The van der Waals surface area contributed by atoms with Crippen molar-refractivity contribution < 1.29 is 13.9 Å². The highest BCUT2D eigenvalue weighted by Gasteiger charge is 2.17. The maximum Gasteiger partial charge on any atom is 0.313 e. The van der Waals surface area contributed by atoms with Crippen molar-refractivity contribution in [3.63, 3.8) is 0 Å². The number of benzene rings is 2. The van der Waals surface area contributed by atoms with E-state index in [4.69, 9.17) is 22.1 Å². The van der Waals surface area contributed by atoms with Crippen LogP contribution in [-0.2, 0) is 16.1 Å². The van der Waals surface area contributed by atoms with Crippen molar-refractivity contribution in [2.45, 2.75) is 19.4 Å². The lowest BCUT2D eigenvalue weighted by Crippen LogP contribution is -2.13. The van der Waals surface area contributed by atoms with E-state index < -0.39 is 17.7 Å². The molecule has 1 atom stereocenters. The van der Waals surface area contributed by atoms with E-state index in [1.807, 2.05) is 0 Å². The van der Waals surface area contributed by atoms with Crippen LogP contribution in [0.25, 0.3) is 0 Å². The molecule has 0 spiro atoms. The molecule has 2 aromatic carbocycles. The molecule has 1 unspecified atom stereocenters. The highest BCUT2D eigenvalue weighted by molar-refractivity contribution is 6.30. The summed E-state index contributed by atoms with van der Waals surface area (Å²) in [7, 11) is 0. The summed E-state index contributed by atoms with van der Waals surface area (Å²) in [5, 5.41) is 0.395. The molecule has 21 heavy (non-hydrogen) atoms. The molecular formula is C16H15ClFNO2. The van der Waals surface area contributed by atoms with Gasteiger partial charge in [-0.25, -0.2) is 4.39 Å². The first-order valence-electron chi connectivity index (χ1n) is 6.43. The zero-order valence-electron chi connectivity index (χ0n) is 11.5. The number of halogens is 2. The van der Waals surface area contributed by atoms with E-state index in [0.29, 0.717) is 10.7 Å². The molecule has 2 aromatic rings. The number of carbonyl (C=O) groups is 1. The zero-order chi connectivity index (χ0) is 15.4. The summed E-state index contributed by atoms with van der Waals surface area (Å²) in [5.41, 5.74) is 7.26. The van der Waals surface area contributed by atoms with Crippen molar-refractivity contribution in [1.82, 2.24) is 0 Å². The van der Waals surface area contributed by atoms with Gasteiger partial charge in [-0.1, -0.05) is 23.7 Å². The van der Waals surface area contributed by atoms with Crippen LogP contribution in [0.2, 0.25) is 5.02 Å². The second-order valence-electron chi connectivity index (χ2n) is 4.74. The van der Waals surface area contributed by atoms with Crippen LogP contribution in [0.5, 0.6) is 0 Å². The Morgan fingerprint density at radius 3 is 2.81 bits per heavy atom. The van der Waals surface area contributed by atoms with Gasteiger partial charge in [-0.3, -0.25) is 4.79 Å². The van der Waals surface area contributed by atoms with Crippen molar-refractivity contribution in [1.29, 1.82) is 0 Å². The first-order valence-corrected chi connectivity index (χ1v) is 6.81. The predicted molar refractivity (Wildman–Crippen MR) is 80.5 cm³/mol. The van der Waals surface area contributed by atoms with E-state index >= 15 is 0 Å². The average molecular weight is 308 g/mol. The van der Waals surface area contributed by atoms with Gasteiger partial charge in [0, 0.05) is 16.3 Å². The summed E-state index contributed by atoms with van der Waals surface area (Å²) < 4.78 is 18.7. The third-order valence-electron chi connectivity index (χ3n) is 3.14. The van der Waals surface area contributed by atoms with Crippen LogP contribution in [0.15, 0.2) is 42.5 Å². The van der Waals surface area contributed by atoms with Gasteiger partial charge in [0.2, 0.25) is 0 Å². The quantitative estimate of drug-likeness (QED) is 0.688. The van der Waals surface area contributed by atoms with Gasteiger partial charge in [-0.05, 0) is 42.8 Å². The van der Waals surface area contributed by atoms with Gasteiger partial charge in [-0.15, -0.1) is 0 Å². The fourth-order valence-corrected chi connectivity index (χ4v) is 2.09. The number of anilines is 1. The highest BCUT2D eigenvalue weighted by atomic mass is 35.5. The first-order chi connectivity index (χ1) is 9.97. The Morgan fingerprint density at radius 2 is 2.10 bits per heavy atom. The maximum atomic E-state index is 13.5. The fraction of sp³-hybridized carbons (Fsp3) is 0.188. The number of hydrogen-bond acceptors (Lipinski definition) is 3. The summed E-state index contributed by atoms with van der Waals surface area (Å²) in [5.74, 6) is -1.38. The SMILES string of the molecule is CC(C(=O)OCc1cc(Cl)ccc1F)c1cccc(N)c1. The lowest BCUT2D eigenvalue weighted by atomic mass is 10.0. The summed E-state index contributed by atoms with van der Waals surface area (Å²) in [6, 6.07) is 11.1. The van der Waals surface area contributed by atoms with Crippen LogP contribution < -0.4 is 5.73 Å². The topological polar surface area (TPSA) is 52.3 Å². The van der Waals surface area contributed by atoms with Crippen molar-refractivity contribution in [2.75, 3.05) is 5.73 Å². The molecule has 2 N–H and O–H groups in total. The molecule has 3 nitrogen and oxygen atoms in total. The first kappa shape index (κ1) is 15.3. The van der Waals surface area contributed by atoms with Crippen molar-refractivity contribution in [2.24, 2.45) is 0 Å². The molecule has 0 aliphatic carbocycles. The third-order valence-corrected chi connectivity index (χ3v) is 3.38. The van der Waals surface area contributed by atoms with E-state index in [1.165, 1.54) is 18.2 Å². The Hall–Kier alpha value is -2.07. The Morgan fingerprint density at radius 1 is 1.33 bits per heavy atom. The van der Waals surface area contributed by atoms with Gasteiger partial charge >= 0.3 is 5.97 Å². The van der Waals surface area contributed by atoms with E-state index in [-0.39, 0.29) is 12.2 Å². The lowest BCUT2D eigenvalue weighted by Gasteiger charge is -2.13. The minimum Gasteiger partial charge on any atom is -0.460 e. The van der Waals surface area contributed by atoms with Crippen molar-refractivity contribution in [3.05, 3.63) is 64.4 Å². The van der Waals surface area contributed by atoms with Crippen molar-refractivity contribution >= 4 is 23.3 Å². The monoisotopic (exact) mass is 307 g/mol. The molecular weight excluding hydrogens is 293 g/mol. The lowest BCUT2D eigenvalue weighted by molar-refractivity contribution is -0.146. The number of ether oxygens (including phenoxy) is 1. The van der Waals surface area contributed by atoms with E-state index in [1.54, 1.807) is 31.2 Å². The van der Waals surface area contributed by atoms with Crippen LogP contribution in [0.1, 0.15) is 24.0 Å². The van der Waals surface area contributed by atoms with Gasteiger partial charge < -0.3 is 10.5 Å². The Bertz CT molecular complexity index is 660. The normalized spacial score (nSPS) is 12.0. The Kier molecular flexibility index (Phi) is 4.81. The average Bonchev–Trinajstić information content (AvgIpc) is 2.47. The molecule has 0 amide bonds. The maximum absolute atomic E-state index is 13.5. The molecule has 0 radical (unpaired) electrons. The van der Waals surface area contributed by atoms with Gasteiger partial charge in [0.1, 0.15) is 12.4 Å². The molecule has 0 bridgehead atoms. The summed E-state index contributed by atoms with van der Waals surface area (Å²) in [6.45, 7) is 1.56. The number of rotatable bonds is 4. The molecule has 0 aliphatic heterocycles. The van der Waals surface area contributed by atoms with Gasteiger partial charge in [-0.2, -0.15) is 0 Å². The third kappa shape index (κ3) is 3.95. The standard InChI is InChI=1S/C16H15ClFNO2/c1-10(11-3-2-4-14(19)8-11)16(20)21-9-12-7-13(17)5-6-15(12)18/h2-8,10H,9,19H2,1H3. The molecule has 0 heterocycles. The largest absolute Gasteiger partial charge is 0.460 e. The minimum atomic E-state index is -0.476. The Balaban J connectivity index is 2.03. The molecule has 0 fully saturated rings. The van der Waals surface area contributed by atoms with E-state index in [2.05, 4.69) is 0 Å². The number of nitrogen functional groups attached to an aromatic ring is 1. The zero-order valence-corrected chi connectivity index (χ0v) is 12.2. The number of hydrogen-bond donors (Lipinski definition) is 1. The smallest absolute Gasteiger partial charge is 0.313 e. The van der Waals surface area contributed by atoms with Crippen LogP contribution in [-0.4, -0.2) is 5.97 Å². The van der Waals surface area contributed by atoms with Gasteiger partial charge in [0.05, 0.1) is 5.92 Å². The molecule has 110 valence electrons. The van der Waals surface area contributed by atoms with Crippen LogP contribution in [0.4, 0.5) is 10.1 Å². The number of carbonyl (C=O) groups excluding carboxylic acids is 1. The number of nitrogens with two attached hydrogens (primary N) is 1. The van der Waals surface area contributed by atoms with Gasteiger partial charge in [0.25, 0.3) is 0 Å². The van der Waals surface area contributed by atoms with Gasteiger partial charge in [0.15, 0.2) is 0 Å². The van der Waals surface area contributed by atoms with E-state index in [0.717, 1.165) is 5.56 Å². The second-order valence-corrected chi connectivity index (χ2v) is 5.17.